The number of carbonyl (C=O) groups is 1. The smallest absolute Gasteiger partial charge is 0.613 e. The number of rotatable bonds is 4. The molecule has 0 radical (unpaired) electrons. The first-order chi connectivity index (χ1) is 15.5. The third-order valence-corrected chi connectivity index (χ3v) is 5.99. The minimum Gasteiger partial charge on any atom is -0.780 e. The van der Waals surface area contributed by atoms with Gasteiger partial charge in [0.1, 0.15) is 25.1 Å². The zero-order chi connectivity index (χ0) is 23.6. The second kappa shape index (κ2) is 7.24. The van der Waals surface area contributed by atoms with Crippen molar-refractivity contribution in [3.8, 4) is 23.0 Å². The van der Waals surface area contributed by atoms with Gasteiger partial charge >= 0.3 is 14.1 Å². The summed E-state index contributed by atoms with van der Waals surface area (Å²) in [5.74, 6) is -1.05. The Hall–Kier alpha value is -3.01. The molecule has 0 amide bonds. The van der Waals surface area contributed by atoms with Crippen LogP contribution in [0.1, 0.15) is 27.0 Å². The maximum Gasteiger partial charge on any atom is 0.613 e. The maximum absolute atomic E-state index is 12.7. The molecule has 0 aliphatic carbocycles. The molecule has 3 aromatic carbocycles. The topological polar surface area (TPSA) is 178 Å². The molecule has 2 heterocycles. The zero-order valence-electron chi connectivity index (χ0n) is 16.3. The number of carbonyl (C=O) groups excluding carboxylic acids is 1. The normalized spacial score (nSPS) is 18.6. The van der Waals surface area contributed by atoms with Crippen LogP contribution in [-0.4, -0.2) is 20.6 Å². The van der Waals surface area contributed by atoms with E-state index in [4.69, 9.17) is 14.0 Å². The van der Waals surface area contributed by atoms with Gasteiger partial charge in [-0.05, 0) is 30.3 Å². The van der Waals surface area contributed by atoms with Crippen molar-refractivity contribution in [3.63, 3.8) is 0 Å². The molecular formula is C20H13O11P2-. The van der Waals surface area contributed by atoms with Crippen molar-refractivity contribution in [3.05, 3.63) is 82.9 Å². The molecule has 5 rings (SSSR count). The van der Waals surface area contributed by atoms with Crippen molar-refractivity contribution in [2.24, 2.45) is 0 Å². The summed E-state index contributed by atoms with van der Waals surface area (Å²) in [6, 6.07) is 14.4. The molecule has 0 saturated heterocycles. The second-order valence-corrected chi connectivity index (χ2v) is 9.46. The number of esters is 1. The lowest BCUT2D eigenvalue weighted by molar-refractivity contribution is -0.333. The predicted molar refractivity (Wildman–Crippen MR) is 107 cm³/mol. The van der Waals surface area contributed by atoms with E-state index in [1.54, 1.807) is 24.3 Å². The summed E-state index contributed by atoms with van der Waals surface area (Å²) in [7, 11) is -9.99. The second-order valence-electron chi connectivity index (χ2n) is 7.18. The lowest BCUT2D eigenvalue weighted by Gasteiger charge is -2.37. The van der Waals surface area contributed by atoms with Gasteiger partial charge in [-0.2, -0.15) is 14.7 Å². The van der Waals surface area contributed by atoms with Gasteiger partial charge in [-0.1, -0.05) is 18.2 Å². The molecule has 0 fully saturated rings. The highest BCUT2D eigenvalue weighted by Crippen LogP contribution is 2.58. The largest absolute Gasteiger partial charge is 0.780 e. The van der Waals surface area contributed by atoms with Crippen LogP contribution in [0, 0.1) is 0 Å². The molecule has 170 valence electrons. The van der Waals surface area contributed by atoms with Crippen LogP contribution in [0.3, 0.4) is 0 Å². The number of phosphoric acid groups is 1. The number of phosphoric ester groups is 1. The highest BCUT2D eigenvalue weighted by atomic mass is 31.2. The Morgan fingerprint density at radius 2 is 1.48 bits per heavy atom. The summed E-state index contributed by atoms with van der Waals surface area (Å²) < 4.78 is 31.9. The van der Waals surface area contributed by atoms with Crippen molar-refractivity contribution in [2.75, 3.05) is 0 Å². The van der Waals surface area contributed by atoms with Gasteiger partial charge in [-0.3, -0.25) is 4.52 Å². The summed E-state index contributed by atoms with van der Waals surface area (Å²) in [5, 5.41) is 0. The lowest BCUT2D eigenvalue weighted by atomic mass is 9.77. The number of hydrogen-bond donors (Lipinski definition) is 3. The number of hydrogen-bond acceptors (Lipinski definition) is 11. The Morgan fingerprint density at radius 3 is 2.12 bits per heavy atom. The summed E-state index contributed by atoms with van der Waals surface area (Å²) in [5.41, 5.74) is -0.0445. The van der Waals surface area contributed by atoms with Crippen LogP contribution in [-0.2, 0) is 14.9 Å². The predicted octanol–water partition coefficient (Wildman–Crippen LogP) is 1.50. The van der Waals surface area contributed by atoms with Crippen LogP contribution >= 0.6 is 16.0 Å². The SMILES string of the molecule is O=C1OC2(c3ccc(OP(=O)([O-])[O-])cc3Oc3cc(O[P+](O)(O)O)ccc32)c2ccccc21. The Bertz CT molecular complexity index is 1340. The summed E-state index contributed by atoms with van der Waals surface area (Å²) >= 11 is 0. The van der Waals surface area contributed by atoms with Crippen LogP contribution in [0.15, 0.2) is 60.7 Å². The molecule has 1 atom stereocenters. The molecule has 0 bridgehead atoms. The molecular weight excluding hydrogens is 478 g/mol. The first kappa shape index (κ1) is 21.8. The summed E-state index contributed by atoms with van der Waals surface area (Å²) in [6.07, 6.45) is 0. The molecule has 0 saturated carbocycles. The number of ether oxygens (including phenoxy) is 2. The van der Waals surface area contributed by atoms with Crippen molar-refractivity contribution in [1.29, 1.82) is 0 Å². The van der Waals surface area contributed by atoms with E-state index in [0.29, 0.717) is 22.3 Å². The van der Waals surface area contributed by atoms with Gasteiger partial charge in [0.25, 0.3) is 0 Å². The van der Waals surface area contributed by atoms with Gasteiger partial charge in [-0.25, -0.2) is 4.79 Å². The van der Waals surface area contributed by atoms with Gasteiger partial charge in [0.05, 0.1) is 5.56 Å². The molecule has 2 aliphatic rings. The first-order valence-corrected chi connectivity index (χ1v) is 12.3. The Balaban J connectivity index is 1.74. The highest BCUT2D eigenvalue weighted by Gasteiger charge is 2.53. The van der Waals surface area contributed by atoms with Crippen LogP contribution in [0.2, 0.25) is 0 Å². The molecule has 0 aromatic heterocycles. The third-order valence-electron chi connectivity index (χ3n) is 5.10. The quantitative estimate of drug-likeness (QED) is 0.356. The van der Waals surface area contributed by atoms with Crippen LogP contribution in [0.4, 0.5) is 0 Å². The Morgan fingerprint density at radius 1 is 0.879 bits per heavy atom. The van der Waals surface area contributed by atoms with Gasteiger partial charge in [-0.15, -0.1) is 0 Å². The fourth-order valence-corrected chi connectivity index (χ4v) is 4.79. The first-order valence-electron chi connectivity index (χ1n) is 9.25. The monoisotopic (exact) mass is 491 g/mol. The van der Waals surface area contributed by atoms with Crippen molar-refractivity contribution in [2.45, 2.75) is 5.60 Å². The third kappa shape index (κ3) is 3.76. The average Bonchev–Trinajstić information content (AvgIpc) is 2.99. The lowest BCUT2D eigenvalue weighted by Crippen LogP contribution is -2.33. The van der Waals surface area contributed by atoms with E-state index in [0.717, 1.165) is 6.07 Å². The Kier molecular flexibility index (Phi) is 4.79. The molecule has 1 unspecified atom stereocenters. The minimum atomic E-state index is -5.36. The number of fused-ring (bicyclic) bond motifs is 6. The standard InChI is InChI=1S/C20H14O11P2/c21-19-13-3-1-2-4-14(13)20(29-19)15-7-5-11(30-32(22,23)24)9-17(15)28-18-10-12(6-8-16(18)20)31-33(25,26)27/h1-10,22-24H,(H-,25,26,27)/p-1. The minimum absolute atomic E-state index is 0.00755. The fourth-order valence-electron chi connectivity index (χ4n) is 4.02. The van der Waals surface area contributed by atoms with Crippen molar-refractivity contribution < 1.29 is 52.3 Å². The van der Waals surface area contributed by atoms with Crippen LogP contribution in [0.5, 0.6) is 23.0 Å². The fraction of sp³-hybridized carbons (Fsp3) is 0.0500. The van der Waals surface area contributed by atoms with Crippen LogP contribution < -0.4 is 23.6 Å². The average molecular weight is 491 g/mol. The van der Waals surface area contributed by atoms with E-state index in [2.05, 4.69) is 4.52 Å². The molecule has 13 heteroatoms. The highest BCUT2D eigenvalue weighted by molar-refractivity contribution is 7.53. The summed E-state index contributed by atoms with van der Waals surface area (Å²) in [4.78, 5) is 62.6. The van der Waals surface area contributed by atoms with Gasteiger partial charge < -0.3 is 28.3 Å². The molecule has 11 nitrogen and oxygen atoms in total. The van der Waals surface area contributed by atoms with Crippen LogP contribution in [0.25, 0.3) is 0 Å². The molecule has 3 N–H and O–H groups in total. The zero-order valence-corrected chi connectivity index (χ0v) is 18.1. The van der Waals surface area contributed by atoms with Crippen molar-refractivity contribution >= 4 is 22.0 Å². The Labute approximate surface area is 186 Å². The van der Waals surface area contributed by atoms with Gasteiger partial charge in [0.2, 0.25) is 0 Å². The summed E-state index contributed by atoms with van der Waals surface area (Å²) in [6.45, 7) is 0. The number of benzene rings is 3. The van der Waals surface area contributed by atoms with Gasteiger partial charge in [0, 0.05) is 28.8 Å². The van der Waals surface area contributed by atoms with E-state index in [1.165, 1.54) is 30.3 Å². The molecule has 1 spiro atoms. The molecule has 2 aliphatic heterocycles. The molecule has 33 heavy (non-hydrogen) atoms. The van der Waals surface area contributed by atoms with E-state index in [9.17, 15) is 33.8 Å². The van der Waals surface area contributed by atoms with Gasteiger partial charge in [0.15, 0.2) is 11.4 Å². The van der Waals surface area contributed by atoms with Crippen molar-refractivity contribution in [1.82, 2.24) is 0 Å². The van der Waals surface area contributed by atoms with E-state index >= 15 is 0 Å². The molecule has 3 aromatic rings. The van der Waals surface area contributed by atoms with E-state index in [-0.39, 0.29) is 23.0 Å². The van der Waals surface area contributed by atoms with E-state index in [1.807, 2.05) is 0 Å². The maximum atomic E-state index is 12.7. The van der Waals surface area contributed by atoms with E-state index < -0.39 is 27.6 Å².